The third-order valence-electron chi connectivity index (χ3n) is 2.50. The lowest BCUT2D eigenvalue weighted by Gasteiger charge is -2.09. The molecule has 0 fully saturated rings. The van der Waals surface area contributed by atoms with Gasteiger partial charge in [0, 0.05) is 6.20 Å². The molecule has 112 valence electrons. The second kappa shape index (κ2) is 5.68. The molecule has 0 aliphatic carbocycles. The Kier molecular flexibility index (Phi) is 4.12. The highest BCUT2D eigenvalue weighted by molar-refractivity contribution is 6.32. The lowest BCUT2D eigenvalue weighted by molar-refractivity contribution is -0.141. The van der Waals surface area contributed by atoms with Crippen LogP contribution in [0.2, 0.25) is 5.02 Å². The summed E-state index contributed by atoms with van der Waals surface area (Å²) in [6, 6.07) is 0.737. The van der Waals surface area contributed by atoms with Gasteiger partial charge in [0.15, 0.2) is 5.82 Å². The van der Waals surface area contributed by atoms with Crippen molar-refractivity contribution in [3.8, 4) is 11.5 Å². The van der Waals surface area contributed by atoms with Crippen molar-refractivity contribution in [3.05, 3.63) is 29.2 Å². The Labute approximate surface area is 121 Å². The lowest BCUT2D eigenvalue weighted by Crippen LogP contribution is -2.14. The molecule has 2 rings (SSSR count). The van der Waals surface area contributed by atoms with Gasteiger partial charge >= 0.3 is 12.1 Å². The molecular weight excluding hydrogens is 313 g/mol. The Morgan fingerprint density at radius 3 is 2.71 bits per heavy atom. The predicted molar refractivity (Wildman–Crippen MR) is 65.3 cm³/mol. The van der Waals surface area contributed by atoms with Crippen molar-refractivity contribution in [3.63, 3.8) is 0 Å². The normalized spacial score (nSPS) is 11.5. The quantitative estimate of drug-likeness (QED) is 0.811. The maximum atomic E-state index is 12.5. The second-order valence-electron chi connectivity index (χ2n) is 3.87. The average molecular weight is 321 g/mol. The van der Waals surface area contributed by atoms with Gasteiger partial charge in [-0.2, -0.15) is 18.3 Å². The first kappa shape index (κ1) is 15.2. The minimum Gasteiger partial charge on any atom is -0.468 e. The van der Waals surface area contributed by atoms with Crippen LogP contribution < -0.4 is 0 Å². The van der Waals surface area contributed by atoms with E-state index in [1.54, 1.807) is 0 Å². The summed E-state index contributed by atoms with van der Waals surface area (Å²) in [6.07, 6.45) is -2.78. The monoisotopic (exact) mass is 320 g/mol. The first-order chi connectivity index (χ1) is 9.82. The maximum absolute atomic E-state index is 12.5. The number of hydrogen-bond acceptors (Lipinski definition) is 5. The Balaban J connectivity index is 2.40. The maximum Gasteiger partial charge on any atom is 0.417 e. The molecule has 0 unspecified atom stereocenters. The van der Waals surface area contributed by atoms with Gasteiger partial charge in [0.1, 0.15) is 18.6 Å². The Hall–Kier alpha value is -2.16. The highest BCUT2D eigenvalue weighted by Crippen LogP contribution is 2.33. The number of methoxy groups -OCH3 is 1. The van der Waals surface area contributed by atoms with Crippen LogP contribution in [0.1, 0.15) is 5.56 Å². The summed E-state index contributed by atoms with van der Waals surface area (Å²) in [7, 11) is 1.20. The molecule has 0 aliphatic heterocycles. The van der Waals surface area contributed by atoms with Crippen molar-refractivity contribution >= 4 is 17.6 Å². The molecule has 0 radical (unpaired) electrons. The van der Waals surface area contributed by atoms with E-state index in [9.17, 15) is 18.0 Å². The van der Waals surface area contributed by atoms with E-state index in [0.717, 1.165) is 17.1 Å². The fraction of sp³-hybridized carbons (Fsp3) is 0.273. The molecular formula is C11H8ClF3N4O2. The molecule has 0 spiro atoms. The molecule has 0 aliphatic rings. The van der Waals surface area contributed by atoms with Gasteiger partial charge in [-0.15, -0.1) is 0 Å². The van der Waals surface area contributed by atoms with Crippen LogP contribution >= 0.6 is 11.6 Å². The van der Waals surface area contributed by atoms with Gasteiger partial charge in [-0.1, -0.05) is 11.6 Å². The van der Waals surface area contributed by atoms with Crippen molar-refractivity contribution in [1.82, 2.24) is 19.7 Å². The van der Waals surface area contributed by atoms with Crippen LogP contribution in [0.3, 0.4) is 0 Å². The highest BCUT2D eigenvalue weighted by Gasteiger charge is 2.32. The summed E-state index contributed by atoms with van der Waals surface area (Å²) in [5.74, 6) is -0.524. The predicted octanol–water partition coefficient (Wildman–Crippen LogP) is 2.19. The molecule has 0 atom stereocenters. The highest BCUT2D eigenvalue weighted by atomic mass is 35.5. The van der Waals surface area contributed by atoms with Gasteiger partial charge in [0.2, 0.25) is 0 Å². The van der Waals surface area contributed by atoms with Crippen LogP contribution in [0.15, 0.2) is 18.6 Å². The first-order valence-corrected chi connectivity index (χ1v) is 5.88. The molecule has 2 aromatic rings. The summed E-state index contributed by atoms with van der Waals surface area (Å²) in [4.78, 5) is 18.7. The van der Waals surface area contributed by atoms with Gasteiger partial charge in [0.05, 0.1) is 17.7 Å². The fourth-order valence-electron chi connectivity index (χ4n) is 1.51. The summed E-state index contributed by atoms with van der Waals surface area (Å²) in [5.41, 5.74) is -0.985. The van der Waals surface area contributed by atoms with Crippen LogP contribution in [0, 0.1) is 0 Å². The molecule has 0 amide bonds. The third kappa shape index (κ3) is 3.30. The number of halogens is 4. The molecule has 0 saturated carbocycles. The summed E-state index contributed by atoms with van der Waals surface area (Å²) < 4.78 is 43.2. The topological polar surface area (TPSA) is 69.9 Å². The zero-order valence-electron chi connectivity index (χ0n) is 10.6. The van der Waals surface area contributed by atoms with Crippen molar-refractivity contribution in [1.29, 1.82) is 0 Å². The minimum absolute atomic E-state index is 0.00827. The average Bonchev–Trinajstić information content (AvgIpc) is 2.85. The molecule has 0 saturated heterocycles. The van der Waals surface area contributed by atoms with E-state index in [1.165, 1.54) is 7.11 Å². The number of rotatable bonds is 3. The van der Waals surface area contributed by atoms with Gasteiger partial charge in [0.25, 0.3) is 0 Å². The zero-order chi connectivity index (χ0) is 15.6. The number of pyridine rings is 1. The van der Waals surface area contributed by atoms with Crippen molar-refractivity contribution in [2.75, 3.05) is 7.11 Å². The minimum atomic E-state index is -4.55. The van der Waals surface area contributed by atoms with Crippen LogP contribution in [-0.4, -0.2) is 32.8 Å². The van der Waals surface area contributed by atoms with Crippen LogP contribution in [0.5, 0.6) is 0 Å². The van der Waals surface area contributed by atoms with Crippen LogP contribution in [-0.2, 0) is 22.3 Å². The van der Waals surface area contributed by atoms with E-state index < -0.39 is 17.7 Å². The summed E-state index contributed by atoms with van der Waals surface area (Å²) in [6.45, 7) is -0.259. The lowest BCUT2D eigenvalue weighted by atomic mass is 10.2. The van der Waals surface area contributed by atoms with Crippen LogP contribution in [0.4, 0.5) is 13.2 Å². The summed E-state index contributed by atoms with van der Waals surface area (Å²) >= 11 is 5.81. The molecule has 6 nitrogen and oxygen atoms in total. The van der Waals surface area contributed by atoms with Gasteiger partial charge < -0.3 is 4.74 Å². The smallest absolute Gasteiger partial charge is 0.417 e. The van der Waals surface area contributed by atoms with E-state index >= 15 is 0 Å². The van der Waals surface area contributed by atoms with Gasteiger partial charge in [-0.05, 0) is 6.07 Å². The largest absolute Gasteiger partial charge is 0.468 e. The number of esters is 1. The number of ether oxygens (including phenoxy) is 1. The number of carbonyl (C=O) groups is 1. The number of carbonyl (C=O) groups excluding carboxylic acids is 1. The number of hydrogen-bond donors (Lipinski definition) is 0. The molecule has 2 aromatic heterocycles. The SMILES string of the molecule is COC(=O)Cn1ncnc1-c1ncc(C(F)(F)F)cc1Cl. The standard InChI is InChI=1S/C11H8ClF3N4O2/c1-21-8(20)4-19-10(17-5-18-19)9-7(12)2-6(3-16-9)11(13,14)15/h2-3,5H,4H2,1H3. The molecule has 0 bridgehead atoms. The van der Waals surface area contributed by atoms with Gasteiger partial charge in [-0.25, -0.2) is 9.67 Å². The Bertz CT molecular complexity index is 672. The van der Waals surface area contributed by atoms with Crippen molar-refractivity contribution in [2.24, 2.45) is 0 Å². The zero-order valence-corrected chi connectivity index (χ0v) is 11.3. The van der Waals surface area contributed by atoms with Crippen LogP contribution in [0.25, 0.3) is 11.5 Å². The first-order valence-electron chi connectivity index (χ1n) is 5.50. The number of alkyl halides is 3. The molecule has 21 heavy (non-hydrogen) atoms. The third-order valence-corrected chi connectivity index (χ3v) is 2.79. The van der Waals surface area contributed by atoms with Crippen molar-refractivity contribution in [2.45, 2.75) is 12.7 Å². The van der Waals surface area contributed by atoms with E-state index in [0.29, 0.717) is 6.20 Å². The molecule has 0 aromatic carbocycles. The summed E-state index contributed by atoms with van der Waals surface area (Å²) in [5, 5.41) is 3.53. The van der Waals surface area contributed by atoms with Crippen molar-refractivity contribution < 1.29 is 22.7 Å². The Morgan fingerprint density at radius 2 is 2.14 bits per heavy atom. The molecule has 10 heteroatoms. The fourth-order valence-corrected chi connectivity index (χ4v) is 1.76. The van der Waals surface area contributed by atoms with E-state index in [2.05, 4.69) is 19.8 Å². The second-order valence-corrected chi connectivity index (χ2v) is 4.28. The molecule has 2 heterocycles. The number of aromatic nitrogens is 4. The van der Waals surface area contributed by atoms with E-state index in [4.69, 9.17) is 11.6 Å². The Morgan fingerprint density at radius 1 is 1.43 bits per heavy atom. The van der Waals surface area contributed by atoms with Gasteiger partial charge in [-0.3, -0.25) is 9.78 Å². The molecule has 0 N–H and O–H groups in total. The van der Waals surface area contributed by atoms with E-state index in [-0.39, 0.29) is 23.1 Å². The van der Waals surface area contributed by atoms with E-state index in [1.807, 2.05) is 0 Å². The number of nitrogens with zero attached hydrogens (tertiary/aromatic N) is 4.